The Morgan fingerprint density at radius 3 is 1.87 bits per heavy atom. The summed E-state index contributed by atoms with van der Waals surface area (Å²) < 4.78 is 49.8. The third-order valence-electron chi connectivity index (χ3n) is 30.4. The summed E-state index contributed by atoms with van der Waals surface area (Å²) in [4.78, 5) is 2.80. The number of hydrogen-bond acceptors (Lipinski definition) is 4. The molecule has 0 N–H and O–H groups in total. The Morgan fingerprint density at radius 1 is 0.508 bits per heavy atom. The normalized spacial score (nSPS) is 25.1. The molecule has 0 amide bonds. The highest BCUT2D eigenvalue weighted by molar-refractivity contribution is 5.89. The fourth-order valence-electron chi connectivity index (χ4n) is 24.2. The number of halogens is 2. The summed E-state index contributed by atoms with van der Waals surface area (Å²) in [5, 5.41) is 0. The zero-order chi connectivity index (χ0) is 85.3. The van der Waals surface area contributed by atoms with Gasteiger partial charge < -0.3 is 19.1 Å². The van der Waals surface area contributed by atoms with E-state index >= 15 is 0 Å². The first-order valence-electron chi connectivity index (χ1n) is 46.5. The van der Waals surface area contributed by atoms with Crippen LogP contribution in [0.4, 0.5) is 14.5 Å². The molecule has 9 aliphatic carbocycles. The van der Waals surface area contributed by atoms with Gasteiger partial charge in [0, 0.05) is 65.8 Å². The van der Waals surface area contributed by atoms with Crippen molar-refractivity contribution >= 4 is 5.69 Å². The van der Waals surface area contributed by atoms with Crippen LogP contribution in [0.2, 0.25) is 0 Å². The van der Waals surface area contributed by atoms with E-state index in [2.05, 4.69) is 313 Å². The molecule has 10 aliphatic rings. The molecule has 6 heteroatoms. The molecule has 0 spiro atoms. The highest BCUT2D eigenvalue weighted by Crippen LogP contribution is 2.64. The molecular formula is C120H111F2NO3. The summed E-state index contributed by atoms with van der Waals surface area (Å²) in [6.07, 6.45) is 45.2. The van der Waals surface area contributed by atoms with E-state index in [1.807, 2.05) is 36.4 Å². The number of allylic oxidation sites excluding steroid dienone is 15. The standard InChI is InChI=1S/C120H111F2NO3/c1-7-80-27-55-100(56-28-80)124-102-59-43-93(44-60-102)119(113-67-76(3)23-25-78(113)5)111-21-11-9-19-104(111)106-63-31-82(70-115(106)119)69-108(87-34-32-83(33-35-87)88-15-13-16-89(71-88)84-36-47-95(121)48-37-84)92-42-65-117-109(73-92)110-74-98(54-66-118(110)126-117)123(97-51-40-86(41-52-97)91-18-14-17-90(72-91)85-38-49-96(122)50-39-85)99-53-64-107-105-20-10-12-22-112(105)120(116(107)75-99,114-68-77(4)24-26-79(114)6)94-45-61-103(62-46-94)125-101-57-29-81(8-2)30-58-101/h7-27,29,31-39,43-45,47-50,53-55,59-61,63-64,66-68,71-75,82,86,97,101,106,108-110,115,117-118H,1-2,28,30,40-42,46,51-52,56-58,62,65,69-70H2,3-6H3. The lowest BCUT2D eigenvalue weighted by Crippen LogP contribution is -2.39. The van der Waals surface area contributed by atoms with E-state index in [0.29, 0.717) is 5.92 Å². The SMILES string of the molecule is C=CC1=CC=C(Oc2ccc(C3(c4cc(C)ccc4C)c4ccccc4C4C=CC(CC(C5=CC6C(CC5)OC5C=CC(N(c7ccc8c(c7)C(C7=CC=C(OC9CC=C(C=C)CC9)CC7)(c7cc(C)ccc7C)c7ccccc7-8)C7CCC(c8cccc(-c9ccc(F)cc9)c8)CC7)=CC56)c5ccc(-c6cccc(-c7ccc(F)cc7)c6)cc5)CC43)cc2)CC1. The van der Waals surface area contributed by atoms with Crippen molar-refractivity contribution in [2.24, 2.45) is 23.7 Å². The van der Waals surface area contributed by atoms with Gasteiger partial charge in [0.15, 0.2) is 0 Å². The van der Waals surface area contributed by atoms with Crippen molar-refractivity contribution < 1.29 is 23.0 Å². The van der Waals surface area contributed by atoms with Crippen LogP contribution in [-0.2, 0) is 20.3 Å². The number of rotatable bonds is 21. The minimum atomic E-state index is -0.583. The Labute approximate surface area is 743 Å². The summed E-state index contributed by atoms with van der Waals surface area (Å²) in [6.45, 7) is 17.3. The highest BCUT2D eigenvalue weighted by Gasteiger charge is 2.56. The first kappa shape index (κ1) is 80.9. The quantitative estimate of drug-likeness (QED) is 0.0671. The van der Waals surface area contributed by atoms with E-state index in [1.165, 1.54) is 117 Å². The van der Waals surface area contributed by atoms with Crippen LogP contribution in [0.15, 0.2) is 380 Å². The van der Waals surface area contributed by atoms with Crippen molar-refractivity contribution in [3.05, 3.63) is 464 Å². The molecule has 1 aliphatic heterocycles. The fourth-order valence-corrected chi connectivity index (χ4v) is 24.2. The molecule has 0 bridgehead atoms. The zero-order valence-electron chi connectivity index (χ0n) is 73.0. The van der Waals surface area contributed by atoms with Crippen molar-refractivity contribution in [3.8, 4) is 50.3 Å². The Balaban J connectivity index is 0.665. The molecular weight excluding hydrogens is 1540 g/mol. The van der Waals surface area contributed by atoms with Crippen LogP contribution < -0.4 is 9.64 Å². The van der Waals surface area contributed by atoms with E-state index < -0.39 is 10.8 Å². The number of hydrogen-bond donors (Lipinski definition) is 0. The highest BCUT2D eigenvalue weighted by atomic mass is 19.1. The molecule has 1 saturated heterocycles. The molecule has 11 aromatic rings. The largest absolute Gasteiger partial charge is 0.494 e. The van der Waals surface area contributed by atoms with Gasteiger partial charge in [-0.2, -0.15) is 0 Å². The second kappa shape index (κ2) is 33.9. The Bertz CT molecular complexity index is 6370. The molecule has 628 valence electrons. The first-order valence-corrected chi connectivity index (χ1v) is 46.5. The minimum Gasteiger partial charge on any atom is -0.494 e. The monoisotopic (exact) mass is 1650 g/mol. The van der Waals surface area contributed by atoms with Gasteiger partial charge in [-0.15, -0.1) is 0 Å². The summed E-state index contributed by atoms with van der Waals surface area (Å²) in [5.41, 5.74) is 33.3. The maximum atomic E-state index is 14.4. The molecule has 2 fully saturated rings. The van der Waals surface area contributed by atoms with Crippen LogP contribution >= 0.6 is 0 Å². The van der Waals surface area contributed by atoms with Crippen molar-refractivity contribution in [1.29, 1.82) is 0 Å². The molecule has 0 aromatic heterocycles. The second-order valence-electron chi connectivity index (χ2n) is 37.6. The summed E-state index contributed by atoms with van der Waals surface area (Å²) in [5.74, 6) is 3.85. The minimum absolute atomic E-state index is 0.0589. The van der Waals surface area contributed by atoms with Crippen LogP contribution in [0.1, 0.15) is 186 Å². The van der Waals surface area contributed by atoms with Gasteiger partial charge in [0.1, 0.15) is 29.2 Å². The van der Waals surface area contributed by atoms with Crippen LogP contribution in [0.5, 0.6) is 5.75 Å². The van der Waals surface area contributed by atoms with Gasteiger partial charge in [0.05, 0.1) is 23.4 Å². The number of ether oxygens (including phenoxy) is 3. The second-order valence-corrected chi connectivity index (χ2v) is 37.6. The molecule has 1 saturated carbocycles. The van der Waals surface area contributed by atoms with E-state index in [4.69, 9.17) is 14.2 Å². The van der Waals surface area contributed by atoms with Gasteiger partial charge in [-0.1, -0.05) is 296 Å². The molecule has 126 heavy (non-hydrogen) atoms. The Kier molecular flexibility index (Phi) is 21.8. The maximum absolute atomic E-state index is 14.4. The number of anilines is 1. The van der Waals surface area contributed by atoms with E-state index in [0.717, 1.165) is 147 Å². The van der Waals surface area contributed by atoms with Crippen LogP contribution in [-0.4, -0.2) is 24.4 Å². The predicted octanol–water partition coefficient (Wildman–Crippen LogP) is 30.2. The summed E-state index contributed by atoms with van der Waals surface area (Å²) in [6, 6.07) is 91.1. The lowest BCUT2D eigenvalue weighted by molar-refractivity contribution is 0.0514. The molecule has 1 heterocycles. The van der Waals surface area contributed by atoms with Crippen LogP contribution in [0, 0.1) is 63.0 Å². The molecule has 11 aromatic carbocycles. The van der Waals surface area contributed by atoms with E-state index in [-0.39, 0.29) is 71.5 Å². The average molecular weight is 1650 g/mol. The van der Waals surface area contributed by atoms with Gasteiger partial charge in [0.25, 0.3) is 0 Å². The van der Waals surface area contributed by atoms with Crippen molar-refractivity contribution in [1.82, 2.24) is 0 Å². The van der Waals surface area contributed by atoms with Crippen molar-refractivity contribution in [3.63, 3.8) is 0 Å². The molecule has 0 radical (unpaired) electrons. The molecule has 11 unspecified atom stereocenters. The van der Waals surface area contributed by atoms with Crippen LogP contribution in [0.25, 0.3) is 44.5 Å². The smallest absolute Gasteiger partial charge is 0.126 e. The van der Waals surface area contributed by atoms with Crippen molar-refractivity contribution in [2.45, 2.75) is 177 Å². The van der Waals surface area contributed by atoms with E-state index in [1.54, 1.807) is 24.3 Å². The molecule has 4 nitrogen and oxygen atoms in total. The lowest BCUT2D eigenvalue weighted by Gasteiger charge is -2.43. The topological polar surface area (TPSA) is 30.9 Å². The maximum Gasteiger partial charge on any atom is 0.126 e. The zero-order valence-corrected chi connectivity index (χ0v) is 73.0. The fraction of sp³-hybridized carbons (Fsp3) is 0.267. The number of benzene rings is 11. The van der Waals surface area contributed by atoms with Gasteiger partial charge in [-0.25, -0.2) is 8.78 Å². The van der Waals surface area contributed by atoms with Gasteiger partial charge in [0.2, 0.25) is 0 Å². The first-order chi connectivity index (χ1) is 61.7. The van der Waals surface area contributed by atoms with Gasteiger partial charge in [-0.05, 0) is 307 Å². The summed E-state index contributed by atoms with van der Waals surface area (Å²) in [7, 11) is 0. The number of nitrogens with zero attached hydrogens (tertiary/aromatic N) is 1. The molecule has 21 rings (SSSR count). The Morgan fingerprint density at radius 2 is 1.17 bits per heavy atom. The third kappa shape index (κ3) is 14.9. The number of fused-ring (bicyclic) bond motifs is 9. The van der Waals surface area contributed by atoms with E-state index in [9.17, 15) is 8.78 Å². The van der Waals surface area contributed by atoms with Crippen molar-refractivity contribution in [2.75, 3.05) is 4.90 Å². The van der Waals surface area contributed by atoms with Crippen LogP contribution in [0.3, 0.4) is 0 Å². The van der Waals surface area contributed by atoms with Gasteiger partial charge in [-0.3, -0.25) is 0 Å². The average Bonchev–Trinajstić information content (AvgIpc) is 1.49. The number of aryl methyl sites for hydroxylation is 4. The lowest BCUT2D eigenvalue weighted by atomic mass is 9.59. The predicted molar refractivity (Wildman–Crippen MR) is 513 cm³/mol. The van der Waals surface area contributed by atoms with Gasteiger partial charge >= 0.3 is 0 Å². The Hall–Kier alpha value is -12.2. The third-order valence-corrected chi connectivity index (χ3v) is 30.4. The summed E-state index contributed by atoms with van der Waals surface area (Å²) >= 11 is 0. The molecule has 11 atom stereocenters.